The molecule has 1 aliphatic rings. The van der Waals surface area contributed by atoms with Crippen molar-refractivity contribution in [3.05, 3.63) is 59.7 Å². The molecule has 0 aliphatic heterocycles. The monoisotopic (exact) mass is 478 g/mol. The number of alkyl halides is 3. The summed E-state index contributed by atoms with van der Waals surface area (Å²) < 4.78 is 45.7. The van der Waals surface area contributed by atoms with Crippen molar-refractivity contribution in [3.63, 3.8) is 0 Å². The van der Waals surface area contributed by atoms with Crippen LogP contribution >= 0.6 is 0 Å². The number of fused-ring (bicyclic) bond motifs is 3. The molecule has 0 bridgehead atoms. The number of carboxylic acid groups (broad SMARTS) is 1. The Kier molecular flexibility index (Phi) is 7.48. The third kappa shape index (κ3) is 5.32. The van der Waals surface area contributed by atoms with Crippen molar-refractivity contribution in [2.45, 2.75) is 43.9 Å². The van der Waals surface area contributed by atoms with E-state index >= 15 is 0 Å². The van der Waals surface area contributed by atoms with Crippen molar-refractivity contribution in [1.29, 1.82) is 0 Å². The number of aliphatic carboxylic acids is 1. The Morgan fingerprint density at radius 3 is 2.06 bits per heavy atom. The fraction of sp³-hybridized carbons (Fsp3) is 0.375. The molecule has 2 N–H and O–H groups in total. The lowest BCUT2D eigenvalue weighted by molar-refractivity contribution is -0.165. The summed E-state index contributed by atoms with van der Waals surface area (Å²) in [5.41, 5.74) is 3.75. The maximum absolute atomic E-state index is 13.5. The number of hydrogen-bond acceptors (Lipinski definition) is 4. The SMILES string of the molecule is CCC(C(=O)O)N(C)C(=O)CC(NC(=O)OCC1c2ccccc2-c2ccccc21)C(F)(F)F. The number of ether oxygens (including phenoxy) is 1. The number of halogens is 3. The lowest BCUT2D eigenvalue weighted by Gasteiger charge is -2.27. The minimum Gasteiger partial charge on any atom is -0.480 e. The number of nitrogens with one attached hydrogen (secondary N) is 1. The van der Waals surface area contributed by atoms with Crippen LogP contribution in [-0.4, -0.2) is 59.9 Å². The number of rotatable bonds is 8. The predicted octanol–water partition coefficient (Wildman–Crippen LogP) is 4.17. The highest BCUT2D eigenvalue weighted by Gasteiger charge is 2.43. The van der Waals surface area contributed by atoms with E-state index in [0.717, 1.165) is 34.2 Å². The topological polar surface area (TPSA) is 95.9 Å². The van der Waals surface area contributed by atoms with E-state index in [4.69, 9.17) is 9.84 Å². The lowest BCUT2D eigenvalue weighted by Crippen LogP contribution is -2.50. The van der Waals surface area contributed by atoms with Crippen molar-refractivity contribution in [2.75, 3.05) is 13.7 Å². The molecule has 0 radical (unpaired) electrons. The Labute approximate surface area is 194 Å². The van der Waals surface area contributed by atoms with Gasteiger partial charge in [-0.1, -0.05) is 55.5 Å². The molecule has 182 valence electrons. The first-order valence-corrected chi connectivity index (χ1v) is 10.7. The number of benzene rings is 2. The molecule has 0 saturated carbocycles. The first kappa shape index (κ1) is 25.1. The smallest absolute Gasteiger partial charge is 0.409 e. The number of nitrogens with zero attached hydrogens (tertiary/aromatic N) is 1. The maximum atomic E-state index is 13.5. The molecular formula is C24H25F3N2O5. The maximum Gasteiger partial charge on any atom is 0.409 e. The van der Waals surface area contributed by atoms with Gasteiger partial charge in [-0.25, -0.2) is 9.59 Å². The fourth-order valence-electron chi connectivity index (χ4n) is 4.14. The van der Waals surface area contributed by atoms with Crippen LogP contribution in [0.4, 0.5) is 18.0 Å². The zero-order chi connectivity index (χ0) is 25.0. The third-order valence-corrected chi connectivity index (χ3v) is 5.94. The van der Waals surface area contributed by atoms with Gasteiger partial charge in [-0.2, -0.15) is 13.2 Å². The molecule has 0 saturated heterocycles. The molecule has 2 atom stereocenters. The van der Waals surface area contributed by atoms with Gasteiger partial charge in [-0.15, -0.1) is 0 Å². The molecule has 0 aromatic heterocycles. The summed E-state index contributed by atoms with van der Waals surface area (Å²) in [5, 5.41) is 10.9. The highest BCUT2D eigenvalue weighted by molar-refractivity contribution is 5.84. The number of amides is 2. The summed E-state index contributed by atoms with van der Waals surface area (Å²) in [5.74, 6) is -2.72. The first-order valence-electron chi connectivity index (χ1n) is 10.7. The molecule has 10 heteroatoms. The fourth-order valence-corrected chi connectivity index (χ4v) is 4.14. The van der Waals surface area contributed by atoms with Crippen molar-refractivity contribution in [3.8, 4) is 11.1 Å². The third-order valence-electron chi connectivity index (χ3n) is 5.94. The van der Waals surface area contributed by atoms with E-state index in [1.54, 1.807) is 5.32 Å². The van der Waals surface area contributed by atoms with Gasteiger partial charge >= 0.3 is 18.2 Å². The minimum atomic E-state index is -4.94. The second-order valence-electron chi connectivity index (χ2n) is 8.04. The summed E-state index contributed by atoms with van der Waals surface area (Å²) in [6.45, 7) is 1.31. The molecule has 1 aliphatic carbocycles. The van der Waals surface area contributed by atoms with Gasteiger partial charge in [-0.3, -0.25) is 4.79 Å². The summed E-state index contributed by atoms with van der Waals surface area (Å²) in [4.78, 5) is 36.5. The van der Waals surface area contributed by atoms with Crippen LogP contribution in [0, 0.1) is 0 Å². The van der Waals surface area contributed by atoms with Crippen LogP contribution in [-0.2, 0) is 14.3 Å². The van der Waals surface area contributed by atoms with Crippen molar-refractivity contribution < 1.29 is 37.4 Å². The van der Waals surface area contributed by atoms with Crippen molar-refractivity contribution in [1.82, 2.24) is 10.2 Å². The van der Waals surface area contributed by atoms with E-state index in [9.17, 15) is 27.6 Å². The van der Waals surface area contributed by atoms with Crippen LogP contribution < -0.4 is 5.32 Å². The zero-order valence-electron chi connectivity index (χ0n) is 18.6. The average molecular weight is 478 g/mol. The van der Waals surface area contributed by atoms with E-state index < -0.39 is 42.7 Å². The van der Waals surface area contributed by atoms with E-state index in [1.807, 2.05) is 48.5 Å². The Morgan fingerprint density at radius 2 is 1.59 bits per heavy atom. The minimum absolute atomic E-state index is 0.0219. The van der Waals surface area contributed by atoms with Crippen molar-refractivity contribution in [2.24, 2.45) is 0 Å². The van der Waals surface area contributed by atoms with Gasteiger partial charge in [0.15, 0.2) is 0 Å². The summed E-state index contributed by atoms with van der Waals surface area (Å²) in [6.07, 6.45) is -7.38. The predicted molar refractivity (Wildman–Crippen MR) is 117 cm³/mol. The zero-order valence-corrected chi connectivity index (χ0v) is 18.6. The molecule has 0 spiro atoms. The van der Waals surface area contributed by atoms with Gasteiger partial charge in [0.05, 0.1) is 6.42 Å². The quantitative estimate of drug-likeness (QED) is 0.594. The second kappa shape index (κ2) is 10.1. The van der Waals surface area contributed by atoms with Gasteiger partial charge in [0.25, 0.3) is 0 Å². The van der Waals surface area contributed by atoms with Crippen LogP contribution in [0.1, 0.15) is 36.8 Å². The number of carbonyl (C=O) groups is 3. The van der Waals surface area contributed by atoms with Gasteiger partial charge in [-0.05, 0) is 28.7 Å². The highest BCUT2D eigenvalue weighted by Crippen LogP contribution is 2.44. The van der Waals surface area contributed by atoms with E-state index in [-0.39, 0.29) is 18.9 Å². The highest BCUT2D eigenvalue weighted by atomic mass is 19.4. The largest absolute Gasteiger partial charge is 0.480 e. The number of carbonyl (C=O) groups excluding carboxylic acids is 2. The Hall–Kier alpha value is -3.56. The van der Waals surface area contributed by atoms with E-state index in [2.05, 4.69) is 0 Å². The van der Waals surface area contributed by atoms with Crippen LogP contribution in [0.25, 0.3) is 11.1 Å². The van der Waals surface area contributed by atoms with Crippen LogP contribution in [0.15, 0.2) is 48.5 Å². The summed E-state index contributed by atoms with van der Waals surface area (Å²) in [6, 6.07) is 11.2. The van der Waals surface area contributed by atoms with E-state index in [1.165, 1.54) is 6.92 Å². The normalized spacial score (nSPS) is 14.5. The number of hydrogen-bond donors (Lipinski definition) is 2. The Balaban J connectivity index is 1.67. The van der Waals surface area contributed by atoms with Gasteiger partial charge < -0.3 is 20.1 Å². The Bertz CT molecular complexity index is 1030. The second-order valence-corrected chi connectivity index (χ2v) is 8.04. The Morgan fingerprint density at radius 1 is 1.06 bits per heavy atom. The van der Waals surface area contributed by atoms with Crippen LogP contribution in [0.3, 0.4) is 0 Å². The molecule has 2 aromatic rings. The molecule has 2 unspecified atom stereocenters. The number of alkyl carbamates (subject to hydrolysis) is 1. The molecule has 7 nitrogen and oxygen atoms in total. The molecular weight excluding hydrogens is 453 g/mol. The van der Waals surface area contributed by atoms with Crippen LogP contribution in [0.5, 0.6) is 0 Å². The number of carboxylic acids is 1. The van der Waals surface area contributed by atoms with Gasteiger partial charge in [0.1, 0.15) is 18.7 Å². The molecule has 2 amide bonds. The molecule has 0 heterocycles. The van der Waals surface area contributed by atoms with Crippen LogP contribution in [0.2, 0.25) is 0 Å². The molecule has 3 rings (SSSR count). The molecule has 2 aromatic carbocycles. The lowest BCUT2D eigenvalue weighted by atomic mass is 9.98. The molecule has 34 heavy (non-hydrogen) atoms. The number of likely N-dealkylation sites (N-methyl/N-ethyl adjacent to an activating group) is 1. The standard InChI is InChI=1S/C24H25F3N2O5/c1-3-19(22(31)32)29(2)21(30)12-20(24(25,26)27)28-23(33)34-13-18-16-10-6-4-8-14(16)15-9-5-7-11-17(15)18/h4-11,18-20H,3,12-13H2,1-2H3,(H,28,33)(H,31,32). The van der Waals surface area contributed by atoms with Gasteiger partial charge in [0, 0.05) is 13.0 Å². The average Bonchev–Trinajstić information content (AvgIpc) is 3.10. The first-order chi connectivity index (χ1) is 16.0. The molecule has 0 fully saturated rings. The van der Waals surface area contributed by atoms with Crippen molar-refractivity contribution >= 4 is 18.0 Å². The van der Waals surface area contributed by atoms with Gasteiger partial charge in [0.2, 0.25) is 5.91 Å². The summed E-state index contributed by atoms with van der Waals surface area (Å²) >= 11 is 0. The van der Waals surface area contributed by atoms with E-state index in [0.29, 0.717) is 0 Å². The summed E-state index contributed by atoms with van der Waals surface area (Å²) in [7, 11) is 1.12.